The van der Waals surface area contributed by atoms with E-state index in [2.05, 4.69) is 17.1 Å². The fourth-order valence-electron chi connectivity index (χ4n) is 4.60. The van der Waals surface area contributed by atoms with Gasteiger partial charge in [-0.25, -0.2) is 10.2 Å². The summed E-state index contributed by atoms with van der Waals surface area (Å²) in [5.74, 6) is 0.742. The van der Waals surface area contributed by atoms with Crippen LogP contribution in [0.2, 0.25) is 0 Å². The molecule has 3 aromatic rings. The molecular formula is C28H36N6O5. The second-order valence-electron chi connectivity index (χ2n) is 9.35. The van der Waals surface area contributed by atoms with Crippen LogP contribution in [0.25, 0.3) is 11.3 Å². The van der Waals surface area contributed by atoms with Crippen LogP contribution in [0.5, 0.6) is 5.75 Å². The monoisotopic (exact) mass is 536 g/mol. The maximum absolute atomic E-state index is 12.5. The average molecular weight is 537 g/mol. The Morgan fingerprint density at radius 3 is 2.31 bits per heavy atom. The number of nitrogen functional groups attached to an aromatic ring is 1. The molecule has 1 aliphatic rings. The van der Waals surface area contributed by atoms with Crippen molar-refractivity contribution in [1.29, 1.82) is 0 Å². The number of nitrogens with one attached hydrogen (secondary N) is 2. The van der Waals surface area contributed by atoms with Crippen molar-refractivity contribution in [2.75, 3.05) is 20.0 Å². The van der Waals surface area contributed by atoms with Crippen LogP contribution in [0.4, 0.5) is 5.82 Å². The number of methoxy groups -OCH3 is 1. The number of para-hydroxylation sites is 1. The van der Waals surface area contributed by atoms with Crippen LogP contribution in [-0.4, -0.2) is 42.2 Å². The number of hydrogen-bond acceptors (Lipinski definition) is 7. The van der Waals surface area contributed by atoms with Gasteiger partial charge in [0, 0.05) is 12.1 Å². The smallest absolute Gasteiger partial charge is 0.255 e. The summed E-state index contributed by atoms with van der Waals surface area (Å²) in [6, 6.07) is 14.8. The zero-order valence-electron chi connectivity index (χ0n) is 22.5. The van der Waals surface area contributed by atoms with E-state index in [1.165, 1.54) is 14.2 Å². The Morgan fingerprint density at radius 2 is 1.74 bits per heavy atom. The number of rotatable bonds is 9. The fraction of sp³-hybridized carbons (Fsp3) is 0.357. The molecular weight excluding hydrogens is 500 g/mol. The lowest BCUT2D eigenvalue weighted by molar-refractivity contribution is -0.118. The standard InChI is InChI=1S/C26H31N5O3.C2H5NO2/c1-16-7-13-19(14-8-16)31-24(27)22(25(28)32)23(30-31)18-11-9-17(10-12-18)15-29-26(33)20-5-3-4-6-21(20)34-2;1-5-3-2-4/h3-6,9-12,16,19H,7-8,13-15,27H2,1-2H3,(H2,28,32)(H,29,33);2H,1H3,(H,3,4). The summed E-state index contributed by atoms with van der Waals surface area (Å²) in [5, 5.41) is 7.63. The second kappa shape index (κ2) is 14.0. The minimum atomic E-state index is -0.587. The van der Waals surface area contributed by atoms with Crippen LogP contribution < -0.4 is 27.0 Å². The Kier molecular flexibility index (Phi) is 10.4. The number of carbonyl (C=O) groups excluding carboxylic acids is 3. The number of aromatic nitrogens is 2. The van der Waals surface area contributed by atoms with Crippen LogP contribution in [-0.2, 0) is 16.2 Å². The Balaban J connectivity index is 0.000000771. The minimum Gasteiger partial charge on any atom is -0.496 e. The Morgan fingerprint density at radius 1 is 1.08 bits per heavy atom. The predicted octanol–water partition coefficient (Wildman–Crippen LogP) is 3.21. The summed E-state index contributed by atoms with van der Waals surface area (Å²) in [7, 11) is 2.91. The van der Waals surface area contributed by atoms with Gasteiger partial charge in [-0.05, 0) is 49.3 Å². The van der Waals surface area contributed by atoms with Crippen LogP contribution in [0, 0.1) is 5.92 Å². The maximum Gasteiger partial charge on any atom is 0.255 e. The third kappa shape index (κ3) is 7.35. The molecule has 1 saturated carbocycles. The molecule has 11 nitrogen and oxygen atoms in total. The molecule has 208 valence electrons. The number of nitrogens with two attached hydrogens (primary N) is 2. The lowest BCUT2D eigenvalue weighted by atomic mass is 9.87. The first-order valence-corrected chi connectivity index (χ1v) is 12.7. The highest BCUT2D eigenvalue weighted by atomic mass is 16.6. The Labute approximate surface area is 227 Å². The van der Waals surface area contributed by atoms with Gasteiger partial charge in [0.25, 0.3) is 11.8 Å². The van der Waals surface area contributed by atoms with Gasteiger partial charge in [0.15, 0.2) is 0 Å². The van der Waals surface area contributed by atoms with Crippen molar-refractivity contribution in [3.8, 4) is 17.0 Å². The van der Waals surface area contributed by atoms with Gasteiger partial charge in [0.1, 0.15) is 22.8 Å². The molecule has 6 N–H and O–H groups in total. The van der Waals surface area contributed by atoms with E-state index < -0.39 is 5.91 Å². The molecule has 0 unspecified atom stereocenters. The fourth-order valence-corrected chi connectivity index (χ4v) is 4.60. The first-order chi connectivity index (χ1) is 18.8. The first kappa shape index (κ1) is 29.2. The second-order valence-corrected chi connectivity index (χ2v) is 9.35. The van der Waals surface area contributed by atoms with Gasteiger partial charge in [0.05, 0.1) is 25.8 Å². The number of amides is 3. The molecule has 4 rings (SSSR count). The van der Waals surface area contributed by atoms with Gasteiger partial charge in [-0.3, -0.25) is 19.2 Å². The molecule has 1 aromatic heterocycles. The van der Waals surface area contributed by atoms with Crippen molar-refractivity contribution in [3.05, 3.63) is 65.2 Å². The summed E-state index contributed by atoms with van der Waals surface area (Å²) in [6.07, 6.45) is 4.64. The average Bonchev–Trinajstić information content (AvgIpc) is 3.30. The van der Waals surface area contributed by atoms with Crippen molar-refractivity contribution in [3.63, 3.8) is 0 Å². The molecule has 0 aliphatic heterocycles. The van der Waals surface area contributed by atoms with Gasteiger partial charge in [0.2, 0.25) is 6.41 Å². The van der Waals surface area contributed by atoms with Crippen molar-refractivity contribution >= 4 is 24.0 Å². The van der Waals surface area contributed by atoms with Crippen molar-refractivity contribution in [2.24, 2.45) is 11.7 Å². The van der Waals surface area contributed by atoms with Crippen molar-refractivity contribution in [2.45, 2.75) is 45.2 Å². The van der Waals surface area contributed by atoms with Gasteiger partial charge in [-0.2, -0.15) is 5.10 Å². The molecule has 0 bridgehead atoms. The number of primary amides is 1. The summed E-state index contributed by atoms with van der Waals surface area (Å²) in [4.78, 5) is 38.0. The zero-order valence-corrected chi connectivity index (χ0v) is 22.5. The molecule has 0 saturated heterocycles. The summed E-state index contributed by atoms with van der Waals surface area (Å²) in [5.41, 5.74) is 16.8. The molecule has 11 heteroatoms. The van der Waals surface area contributed by atoms with Crippen molar-refractivity contribution in [1.82, 2.24) is 20.6 Å². The molecule has 39 heavy (non-hydrogen) atoms. The number of ether oxygens (including phenoxy) is 1. The normalized spacial score (nSPS) is 16.4. The minimum absolute atomic E-state index is 0.174. The van der Waals surface area contributed by atoms with Gasteiger partial charge in [-0.15, -0.1) is 0 Å². The highest BCUT2D eigenvalue weighted by molar-refractivity contribution is 6.03. The van der Waals surface area contributed by atoms with Crippen LogP contribution >= 0.6 is 0 Å². The largest absolute Gasteiger partial charge is 0.496 e. The van der Waals surface area contributed by atoms with Crippen LogP contribution in [0.3, 0.4) is 0 Å². The Hall–Kier alpha value is -4.38. The molecule has 0 spiro atoms. The number of nitrogens with zero attached hydrogens (tertiary/aromatic N) is 2. The number of hydroxylamine groups is 1. The summed E-state index contributed by atoms with van der Waals surface area (Å²) >= 11 is 0. The number of carbonyl (C=O) groups is 3. The van der Waals surface area contributed by atoms with Crippen LogP contribution in [0.1, 0.15) is 64.9 Å². The lowest BCUT2D eigenvalue weighted by Gasteiger charge is -2.27. The quantitative estimate of drug-likeness (QED) is 0.241. The third-order valence-electron chi connectivity index (χ3n) is 6.72. The van der Waals surface area contributed by atoms with E-state index in [-0.39, 0.29) is 17.5 Å². The van der Waals surface area contributed by atoms with Crippen LogP contribution in [0.15, 0.2) is 48.5 Å². The van der Waals surface area contributed by atoms with E-state index in [4.69, 9.17) is 26.1 Å². The van der Waals surface area contributed by atoms with Crippen molar-refractivity contribution < 1.29 is 24.0 Å². The zero-order chi connectivity index (χ0) is 28.4. The number of anilines is 1. The molecule has 1 fully saturated rings. The molecule has 2 aromatic carbocycles. The maximum atomic E-state index is 12.5. The highest BCUT2D eigenvalue weighted by Crippen LogP contribution is 2.36. The molecule has 1 aliphatic carbocycles. The first-order valence-electron chi connectivity index (χ1n) is 12.7. The SMILES string of the molecule is CONC=O.COc1ccccc1C(=O)NCc1ccc(-c2nn(C3CCC(C)CC3)c(N)c2C(N)=O)cc1. The topological polar surface area (TPSA) is 164 Å². The van der Waals surface area contributed by atoms with Gasteiger partial charge in [-0.1, -0.05) is 43.3 Å². The van der Waals surface area contributed by atoms with E-state index in [9.17, 15) is 9.59 Å². The van der Waals surface area contributed by atoms with E-state index in [1.807, 2.05) is 35.8 Å². The molecule has 1 heterocycles. The highest BCUT2D eigenvalue weighted by Gasteiger charge is 2.27. The third-order valence-corrected chi connectivity index (χ3v) is 6.72. The molecule has 0 atom stereocenters. The van der Waals surface area contributed by atoms with E-state index >= 15 is 0 Å². The number of hydrogen-bond donors (Lipinski definition) is 4. The van der Waals surface area contributed by atoms with E-state index in [0.29, 0.717) is 41.7 Å². The van der Waals surface area contributed by atoms with E-state index in [0.717, 1.165) is 36.8 Å². The Bertz CT molecular complexity index is 1270. The van der Waals surface area contributed by atoms with Gasteiger partial charge < -0.3 is 21.5 Å². The van der Waals surface area contributed by atoms with Gasteiger partial charge >= 0.3 is 0 Å². The summed E-state index contributed by atoms with van der Waals surface area (Å²) < 4.78 is 7.04. The lowest BCUT2D eigenvalue weighted by Crippen LogP contribution is -2.23. The molecule has 3 amide bonds. The summed E-state index contributed by atoms with van der Waals surface area (Å²) in [6.45, 7) is 2.60. The number of benzene rings is 2. The molecule has 0 radical (unpaired) electrons. The van der Waals surface area contributed by atoms with E-state index in [1.54, 1.807) is 22.9 Å². The predicted molar refractivity (Wildman–Crippen MR) is 148 cm³/mol.